The number of hydrogen-bond donors (Lipinski definition) is 2. The first-order valence-corrected chi connectivity index (χ1v) is 8.07. The van der Waals surface area contributed by atoms with Gasteiger partial charge in [-0.3, -0.25) is 9.59 Å². The van der Waals surface area contributed by atoms with Gasteiger partial charge in [0.15, 0.2) is 5.76 Å². The zero-order chi connectivity index (χ0) is 17.6. The number of pyridine rings is 1. The van der Waals surface area contributed by atoms with Gasteiger partial charge in [0.1, 0.15) is 11.9 Å². The van der Waals surface area contributed by atoms with Gasteiger partial charge >= 0.3 is 0 Å². The van der Waals surface area contributed by atoms with Gasteiger partial charge in [-0.2, -0.15) is 0 Å². The highest BCUT2D eigenvalue weighted by Crippen LogP contribution is 2.16. The van der Waals surface area contributed by atoms with Crippen molar-refractivity contribution in [1.29, 1.82) is 0 Å². The van der Waals surface area contributed by atoms with Crippen LogP contribution in [-0.4, -0.2) is 49.1 Å². The molecule has 1 aliphatic rings. The van der Waals surface area contributed by atoms with E-state index < -0.39 is 11.9 Å². The van der Waals surface area contributed by atoms with Crippen LogP contribution in [0.5, 0.6) is 0 Å². The number of hydrogen-bond acceptors (Lipinski definition) is 6. The van der Waals surface area contributed by atoms with Crippen LogP contribution in [0.4, 0.5) is 11.5 Å². The number of rotatable bonds is 5. The molecule has 132 valence electrons. The van der Waals surface area contributed by atoms with Gasteiger partial charge in [-0.25, -0.2) is 4.98 Å². The summed E-state index contributed by atoms with van der Waals surface area (Å²) < 4.78 is 10.3. The van der Waals surface area contributed by atoms with E-state index in [1.54, 1.807) is 25.3 Å². The first-order chi connectivity index (χ1) is 12.1. The van der Waals surface area contributed by atoms with Gasteiger partial charge in [-0.15, -0.1) is 0 Å². The van der Waals surface area contributed by atoms with E-state index in [2.05, 4.69) is 20.5 Å². The highest BCUT2D eigenvalue weighted by atomic mass is 16.5. The quantitative estimate of drug-likeness (QED) is 0.848. The predicted octanol–water partition coefficient (Wildman–Crippen LogP) is 1.27. The summed E-state index contributed by atoms with van der Waals surface area (Å²) in [4.78, 5) is 30.5. The van der Waals surface area contributed by atoms with Crippen LogP contribution in [0.25, 0.3) is 0 Å². The topological polar surface area (TPSA) is 96.7 Å². The Morgan fingerprint density at radius 3 is 2.68 bits per heavy atom. The van der Waals surface area contributed by atoms with E-state index in [9.17, 15) is 9.59 Å². The maximum atomic E-state index is 12.2. The van der Waals surface area contributed by atoms with Crippen molar-refractivity contribution >= 4 is 23.3 Å². The molecule has 1 aliphatic heterocycles. The summed E-state index contributed by atoms with van der Waals surface area (Å²) in [6, 6.07) is 6.06. The van der Waals surface area contributed by atoms with E-state index in [0.29, 0.717) is 19.0 Å². The molecule has 2 amide bonds. The van der Waals surface area contributed by atoms with E-state index >= 15 is 0 Å². The van der Waals surface area contributed by atoms with Crippen molar-refractivity contribution in [2.75, 3.05) is 36.5 Å². The van der Waals surface area contributed by atoms with Crippen LogP contribution in [0.15, 0.2) is 41.1 Å². The van der Waals surface area contributed by atoms with Crippen LogP contribution in [0, 0.1) is 0 Å². The summed E-state index contributed by atoms with van der Waals surface area (Å²) in [5.74, 6) is -0.205. The fourth-order valence-electron chi connectivity index (χ4n) is 2.44. The Balaban J connectivity index is 1.54. The number of nitrogens with zero attached hydrogens (tertiary/aromatic N) is 2. The molecular formula is C17H20N4O4. The number of carbonyl (C=O) groups is 2. The molecule has 2 aromatic heterocycles. The number of carbonyl (C=O) groups excluding carboxylic acids is 2. The standard InChI is InChI=1S/C17H20N4O4/c1-12(19-17(23)14-3-2-8-25-14)16(22)20-15-5-4-13(11-18-15)21-6-9-24-10-7-21/h2-5,8,11-12H,6-7,9-10H2,1H3,(H,19,23)(H,18,20,22). The van der Waals surface area contributed by atoms with Crippen molar-refractivity contribution in [3.8, 4) is 0 Å². The number of anilines is 2. The molecule has 25 heavy (non-hydrogen) atoms. The molecule has 2 N–H and O–H groups in total. The van der Waals surface area contributed by atoms with Crippen molar-refractivity contribution in [3.63, 3.8) is 0 Å². The molecule has 0 bridgehead atoms. The Labute approximate surface area is 145 Å². The van der Waals surface area contributed by atoms with Crippen molar-refractivity contribution < 1.29 is 18.7 Å². The number of nitrogens with one attached hydrogen (secondary N) is 2. The van der Waals surface area contributed by atoms with Crippen molar-refractivity contribution in [2.45, 2.75) is 13.0 Å². The van der Waals surface area contributed by atoms with Crippen molar-refractivity contribution in [3.05, 3.63) is 42.5 Å². The Kier molecular flexibility index (Phi) is 5.30. The lowest BCUT2D eigenvalue weighted by Gasteiger charge is -2.28. The average molecular weight is 344 g/mol. The molecule has 0 aliphatic carbocycles. The molecule has 1 atom stereocenters. The third-order valence-electron chi connectivity index (χ3n) is 3.86. The SMILES string of the molecule is CC(NC(=O)c1ccco1)C(=O)Nc1ccc(N2CCOCC2)cn1. The molecule has 0 aromatic carbocycles. The molecule has 0 spiro atoms. The average Bonchev–Trinajstić information content (AvgIpc) is 3.18. The second kappa shape index (κ2) is 7.80. The Hall–Kier alpha value is -2.87. The van der Waals surface area contributed by atoms with E-state index in [1.165, 1.54) is 12.3 Å². The largest absolute Gasteiger partial charge is 0.459 e. The molecule has 1 fully saturated rings. The lowest BCUT2D eigenvalue weighted by Crippen LogP contribution is -2.41. The third kappa shape index (κ3) is 4.36. The molecule has 3 heterocycles. The maximum absolute atomic E-state index is 12.2. The molecule has 1 saturated heterocycles. The first-order valence-electron chi connectivity index (χ1n) is 8.07. The van der Waals surface area contributed by atoms with Gasteiger partial charge in [0, 0.05) is 13.1 Å². The van der Waals surface area contributed by atoms with Crippen LogP contribution in [0.1, 0.15) is 17.5 Å². The number of amides is 2. The van der Waals surface area contributed by atoms with Gasteiger partial charge in [0.25, 0.3) is 5.91 Å². The lowest BCUT2D eigenvalue weighted by atomic mass is 10.3. The molecule has 1 unspecified atom stereocenters. The normalized spacial score (nSPS) is 15.5. The zero-order valence-corrected chi connectivity index (χ0v) is 13.9. The summed E-state index contributed by atoms with van der Waals surface area (Å²) in [7, 11) is 0. The smallest absolute Gasteiger partial charge is 0.287 e. The molecule has 3 rings (SSSR count). The minimum absolute atomic E-state index is 0.160. The highest BCUT2D eigenvalue weighted by Gasteiger charge is 2.19. The second-order valence-corrected chi connectivity index (χ2v) is 5.66. The molecular weight excluding hydrogens is 324 g/mol. The van der Waals surface area contributed by atoms with E-state index in [1.807, 2.05) is 6.07 Å². The number of morpholine rings is 1. The fourth-order valence-corrected chi connectivity index (χ4v) is 2.44. The monoisotopic (exact) mass is 344 g/mol. The summed E-state index contributed by atoms with van der Waals surface area (Å²) in [5, 5.41) is 5.25. The minimum atomic E-state index is -0.724. The fraction of sp³-hybridized carbons (Fsp3) is 0.353. The lowest BCUT2D eigenvalue weighted by molar-refractivity contribution is -0.117. The maximum Gasteiger partial charge on any atom is 0.287 e. The van der Waals surface area contributed by atoms with Gasteiger partial charge in [0.05, 0.1) is 31.4 Å². The van der Waals surface area contributed by atoms with E-state index in [0.717, 1.165) is 18.8 Å². The van der Waals surface area contributed by atoms with Gasteiger partial charge < -0.3 is 24.7 Å². The molecule has 8 heteroatoms. The summed E-state index contributed by atoms with van der Waals surface area (Å²) >= 11 is 0. The summed E-state index contributed by atoms with van der Waals surface area (Å²) in [6.07, 6.45) is 3.12. The summed E-state index contributed by atoms with van der Waals surface area (Å²) in [6.45, 7) is 4.64. The van der Waals surface area contributed by atoms with Gasteiger partial charge in [0.2, 0.25) is 5.91 Å². The van der Waals surface area contributed by atoms with Crippen LogP contribution in [-0.2, 0) is 9.53 Å². The number of ether oxygens (including phenoxy) is 1. The van der Waals surface area contributed by atoms with Crippen LogP contribution in [0.2, 0.25) is 0 Å². The van der Waals surface area contributed by atoms with Gasteiger partial charge in [-0.05, 0) is 31.2 Å². The van der Waals surface area contributed by atoms with Gasteiger partial charge in [-0.1, -0.05) is 0 Å². The predicted molar refractivity (Wildman–Crippen MR) is 91.5 cm³/mol. The van der Waals surface area contributed by atoms with E-state index in [4.69, 9.17) is 9.15 Å². The second-order valence-electron chi connectivity index (χ2n) is 5.66. The first kappa shape index (κ1) is 17.0. The van der Waals surface area contributed by atoms with Crippen LogP contribution in [0.3, 0.4) is 0 Å². The van der Waals surface area contributed by atoms with Crippen LogP contribution < -0.4 is 15.5 Å². The Morgan fingerprint density at radius 2 is 2.04 bits per heavy atom. The number of aromatic nitrogens is 1. The Bertz CT molecular complexity index is 709. The molecule has 2 aromatic rings. The summed E-state index contributed by atoms with van der Waals surface area (Å²) in [5.41, 5.74) is 0.987. The third-order valence-corrected chi connectivity index (χ3v) is 3.86. The van der Waals surface area contributed by atoms with Crippen molar-refractivity contribution in [2.24, 2.45) is 0 Å². The van der Waals surface area contributed by atoms with Crippen molar-refractivity contribution in [1.82, 2.24) is 10.3 Å². The molecule has 0 saturated carbocycles. The minimum Gasteiger partial charge on any atom is -0.459 e. The molecule has 0 radical (unpaired) electrons. The highest BCUT2D eigenvalue weighted by molar-refractivity contribution is 5.99. The van der Waals surface area contributed by atoms with E-state index in [-0.39, 0.29) is 11.7 Å². The zero-order valence-electron chi connectivity index (χ0n) is 13.9. The molecule has 8 nitrogen and oxygen atoms in total. The van der Waals surface area contributed by atoms with Crippen LogP contribution >= 0.6 is 0 Å². The Morgan fingerprint density at radius 1 is 1.24 bits per heavy atom. The number of furan rings is 1.